The van der Waals surface area contributed by atoms with Gasteiger partial charge in [0, 0.05) is 18.3 Å². The number of terminal acetylenes is 1. The topological polar surface area (TPSA) is 72.2 Å². The Morgan fingerprint density at radius 1 is 1.50 bits per heavy atom. The van der Waals surface area contributed by atoms with E-state index in [0.717, 1.165) is 28.2 Å². The van der Waals surface area contributed by atoms with E-state index in [1.54, 1.807) is 19.2 Å². The fourth-order valence-corrected chi connectivity index (χ4v) is 2.79. The van der Waals surface area contributed by atoms with Crippen molar-refractivity contribution in [3.63, 3.8) is 0 Å². The fourth-order valence-electron chi connectivity index (χ4n) is 2.46. The number of nitrogens with two attached hydrogens (primary N) is 1. The largest absolute Gasteiger partial charge is 0.472 e. The Balaban J connectivity index is 0.00000141. The van der Waals surface area contributed by atoms with Crippen LogP contribution in [0.1, 0.15) is 32.3 Å². The van der Waals surface area contributed by atoms with Crippen LogP contribution in [0, 0.1) is 18.3 Å². The molecule has 0 atom stereocenters. The van der Waals surface area contributed by atoms with Crippen LogP contribution in [0.5, 0.6) is 5.88 Å². The van der Waals surface area contributed by atoms with Gasteiger partial charge in [-0.3, -0.25) is 0 Å². The van der Waals surface area contributed by atoms with Gasteiger partial charge in [0.2, 0.25) is 5.88 Å². The van der Waals surface area contributed by atoms with Crippen LogP contribution in [0.2, 0.25) is 0 Å². The average molecular weight is 485 g/mol. The molecule has 0 unspecified atom stereocenters. The molecule has 2 rings (SSSR count). The van der Waals surface area contributed by atoms with Gasteiger partial charge in [-0.1, -0.05) is 12.1 Å². The predicted octanol–water partition coefficient (Wildman–Crippen LogP) is 3.97. The molecule has 1 heterocycles. The van der Waals surface area contributed by atoms with Crippen LogP contribution in [0.3, 0.4) is 0 Å². The van der Waals surface area contributed by atoms with Crippen molar-refractivity contribution in [2.45, 2.75) is 39.5 Å². The summed E-state index contributed by atoms with van der Waals surface area (Å²) in [5.74, 6) is 3.48. The molecule has 0 bridgehead atoms. The molecule has 1 fully saturated rings. The first-order valence-corrected chi connectivity index (χ1v) is 10.7. The highest BCUT2D eigenvalue weighted by Crippen LogP contribution is 2.28. The Morgan fingerprint density at radius 3 is 2.80 bits per heavy atom. The first-order valence-electron chi connectivity index (χ1n) is 9.90. The van der Waals surface area contributed by atoms with E-state index in [4.69, 9.17) is 10.5 Å². The normalized spacial score (nSPS) is 14.4. The minimum Gasteiger partial charge on any atom is -0.472 e. The lowest BCUT2D eigenvalue weighted by Crippen LogP contribution is -2.24. The molecular weight excluding hydrogens is 454 g/mol. The third-order valence-electron chi connectivity index (χ3n) is 4.20. The lowest BCUT2D eigenvalue weighted by Gasteiger charge is -2.14. The maximum Gasteiger partial charge on any atom is 0.250 e. The van der Waals surface area contributed by atoms with Crippen LogP contribution in [-0.4, -0.2) is 37.7 Å². The number of aromatic nitrogens is 1. The highest BCUT2D eigenvalue weighted by Gasteiger charge is 2.21. The number of hydrogen-bond acceptors (Lipinski definition) is 5. The summed E-state index contributed by atoms with van der Waals surface area (Å²) in [4.78, 5) is 4.24. The fraction of sp³-hybridized carbons (Fsp3) is 0.500. The van der Waals surface area contributed by atoms with Crippen molar-refractivity contribution >= 4 is 15.9 Å². The quantitative estimate of drug-likeness (QED) is 0.238. The highest BCUT2D eigenvalue weighted by atomic mass is 79.9. The molecule has 0 aromatic carbocycles. The van der Waals surface area contributed by atoms with Crippen LogP contribution < -0.4 is 21.1 Å². The van der Waals surface area contributed by atoms with Crippen LogP contribution >= 0.6 is 15.9 Å². The number of halogens is 3. The molecule has 1 aromatic heterocycles. The van der Waals surface area contributed by atoms with Gasteiger partial charge in [-0.15, -0.1) is 12.3 Å². The van der Waals surface area contributed by atoms with E-state index in [9.17, 15) is 8.78 Å². The van der Waals surface area contributed by atoms with E-state index in [2.05, 4.69) is 43.9 Å². The van der Waals surface area contributed by atoms with Gasteiger partial charge in [-0.2, -0.15) is 0 Å². The number of alkyl halides is 2. The number of nitrogens with zero attached hydrogens (tertiary/aromatic N) is 1. The molecule has 30 heavy (non-hydrogen) atoms. The maximum atomic E-state index is 12.2. The molecule has 166 valence electrons. The molecular formula is C22H31BrF2N4O. The number of pyridine rings is 1. The van der Waals surface area contributed by atoms with Crippen molar-refractivity contribution < 1.29 is 13.5 Å². The van der Waals surface area contributed by atoms with Gasteiger partial charge in [-0.05, 0) is 67.6 Å². The summed E-state index contributed by atoms with van der Waals surface area (Å²) in [6.07, 6.45) is 8.92. The smallest absolute Gasteiger partial charge is 0.250 e. The minimum atomic E-state index is -2.35. The minimum absolute atomic E-state index is 0.239. The Bertz CT molecular complexity index is 743. The van der Waals surface area contributed by atoms with Crippen molar-refractivity contribution in [2.24, 2.45) is 11.7 Å². The van der Waals surface area contributed by atoms with Crippen molar-refractivity contribution in [1.82, 2.24) is 15.6 Å². The van der Waals surface area contributed by atoms with Crippen LogP contribution in [0.25, 0.3) is 0 Å². The second-order valence-electron chi connectivity index (χ2n) is 6.74. The Labute approximate surface area is 186 Å². The van der Waals surface area contributed by atoms with Crippen molar-refractivity contribution in [3.05, 3.63) is 45.8 Å². The molecule has 0 amide bonds. The molecule has 1 aliphatic rings. The summed E-state index contributed by atoms with van der Waals surface area (Å²) >= 11 is 3.49. The summed E-state index contributed by atoms with van der Waals surface area (Å²) in [5, 5.41) is 6.08. The third-order valence-corrected chi connectivity index (χ3v) is 4.86. The highest BCUT2D eigenvalue weighted by molar-refractivity contribution is 9.11. The molecule has 1 saturated carbocycles. The van der Waals surface area contributed by atoms with Crippen LogP contribution in [0.15, 0.2) is 40.3 Å². The van der Waals surface area contributed by atoms with Crippen LogP contribution in [-0.2, 0) is 6.42 Å². The Hall–Kier alpha value is -2.11. The van der Waals surface area contributed by atoms with Gasteiger partial charge in [0.1, 0.15) is 6.61 Å². The first-order chi connectivity index (χ1) is 14.4. The van der Waals surface area contributed by atoms with Gasteiger partial charge < -0.3 is 21.1 Å². The molecule has 0 radical (unpaired) electrons. The number of nitrogens with one attached hydrogen (secondary N) is 2. The lowest BCUT2D eigenvalue weighted by molar-refractivity contribution is 0.146. The summed E-state index contributed by atoms with van der Waals surface area (Å²) < 4.78 is 30.9. The number of rotatable bonds is 12. The summed E-state index contributed by atoms with van der Waals surface area (Å²) in [6.45, 7) is 4.87. The molecule has 1 aromatic rings. The molecule has 5 nitrogen and oxygen atoms in total. The maximum absolute atomic E-state index is 12.2. The first kappa shape index (κ1) is 25.9. The molecule has 1 aliphatic carbocycles. The van der Waals surface area contributed by atoms with Gasteiger partial charge in [0.15, 0.2) is 0 Å². The van der Waals surface area contributed by atoms with E-state index < -0.39 is 6.43 Å². The van der Waals surface area contributed by atoms with E-state index >= 15 is 0 Å². The van der Waals surface area contributed by atoms with Gasteiger partial charge in [0.05, 0.1) is 22.4 Å². The standard InChI is InChI=1S/C19H27BrF2N4O.C3H4/c1-2-16(26-10-13-5-6-13)18(23)15(20)12-27-19-14(4-3-8-25-19)7-9-24-11-17(21)22;1-3-2/h2-4,8,13,17,24,26H,5-7,9-12,23H2,1H3;1H,2H3/b16-2+,18-15-;. The van der Waals surface area contributed by atoms with E-state index in [-0.39, 0.29) is 13.2 Å². The summed E-state index contributed by atoms with van der Waals surface area (Å²) in [5.41, 5.74) is 8.58. The van der Waals surface area contributed by atoms with E-state index in [1.807, 2.05) is 19.1 Å². The lowest BCUT2D eigenvalue weighted by atomic mass is 10.2. The zero-order valence-corrected chi connectivity index (χ0v) is 19.1. The second kappa shape index (κ2) is 14.8. The zero-order valence-electron chi connectivity index (χ0n) is 17.6. The average Bonchev–Trinajstić information content (AvgIpc) is 3.55. The van der Waals surface area contributed by atoms with E-state index in [1.165, 1.54) is 12.8 Å². The number of ether oxygens (including phenoxy) is 1. The van der Waals surface area contributed by atoms with Crippen molar-refractivity contribution in [2.75, 3.05) is 26.2 Å². The third kappa shape index (κ3) is 10.6. The Morgan fingerprint density at radius 2 is 2.20 bits per heavy atom. The molecule has 8 heteroatoms. The van der Waals surface area contributed by atoms with Crippen LogP contribution in [0.4, 0.5) is 8.78 Å². The van der Waals surface area contributed by atoms with Crippen molar-refractivity contribution in [3.8, 4) is 18.2 Å². The van der Waals surface area contributed by atoms with Crippen molar-refractivity contribution in [1.29, 1.82) is 0 Å². The van der Waals surface area contributed by atoms with Gasteiger partial charge in [-0.25, -0.2) is 13.8 Å². The summed E-state index contributed by atoms with van der Waals surface area (Å²) in [6, 6.07) is 3.68. The molecule has 0 spiro atoms. The number of hydrogen-bond donors (Lipinski definition) is 3. The van der Waals surface area contributed by atoms with E-state index in [0.29, 0.717) is 24.5 Å². The number of allylic oxidation sites excluding steroid dienone is 1. The molecule has 4 N–H and O–H groups in total. The van der Waals surface area contributed by atoms with Gasteiger partial charge >= 0.3 is 0 Å². The molecule has 0 saturated heterocycles. The Kier molecular flexibility index (Phi) is 12.8. The SMILES string of the molecule is C#CC.C/C=C(NCC1CC1)\C(N)=C(\Br)COc1ncccc1CCNCC(F)F. The van der Waals surface area contributed by atoms with Gasteiger partial charge in [0.25, 0.3) is 6.43 Å². The predicted molar refractivity (Wildman–Crippen MR) is 121 cm³/mol. The zero-order chi connectivity index (χ0) is 22.4. The monoisotopic (exact) mass is 484 g/mol. The summed E-state index contributed by atoms with van der Waals surface area (Å²) in [7, 11) is 0. The second-order valence-corrected chi connectivity index (χ2v) is 7.69. The molecule has 0 aliphatic heterocycles.